The zero-order valence-corrected chi connectivity index (χ0v) is 14.0. The molecule has 2 aliphatic heterocycles. The van der Waals surface area contributed by atoms with Crippen LogP contribution in [0.15, 0.2) is 24.3 Å². The molecule has 0 bridgehead atoms. The normalized spacial score (nSPS) is 24.0. The number of hydrogen-bond donors (Lipinski definition) is 0. The van der Waals surface area contributed by atoms with Gasteiger partial charge in [0.15, 0.2) is 0 Å². The van der Waals surface area contributed by atoms with Gasteiger partial charge >= 0.3 is 5.97 Å². The summed E-state index contributed by atoms with van der Waals surface area (Å²) in [5, 5.41) is 0.356. The first-order chi connectivity index (χ1) is 11.2. The summed E-state index contributed by atoms with van der Waals surface area (Å²) in [4.78, 5) is 26.6. The van der Waals surface area contributed by atoms with Crippen LogP contribution >= 0.6 is 11.8 Å². The van der Waals surface area contributed by atoms with E-state index in [1.165, 1.54) is 7.11 Å². The number of benzene rings is 1. The van der Waals surface area contributed by atoms with Gasteiger partial charge in [0.05, 0.1) is 20.1 Å². The predicted molar refractivity (Wildman–Crippen MR) is 88.7 cm³/mol. The van der Waals surface area contributed by atoms with E-state index in [2.05, 4.69) is 0 Å². The number of thioether (sulfide) groups is 1. The Hall–Kier alpha value is -1.53. The van der Waals surface area contributed by atoms with Gasteiger partial charge in [-0.25, -0.2) is 0 Å². The van der Waals surface area contributed by atoms with Crippen molar-refractivity contribution in [2.24, 2.45) is 0 Å². The van der Waals surface area contributed by atoms with Gasteiger partial charge in [-0.1, -0.05) is 18.2 Å². The fourth-order valence-electron chi connectivity index (χ4n) is 3.20. The zero-order valence-electron chi connectivity index (χ0n) is 13.2. The monoisotopic (exact) mass is 335 g/mol. The van der Waals surface area contributed by atoms with Crippen LogP contribution in [0.4, 0.5) is 0 Å². The summed E-state index contributed by atoms with van der Waals surface area (Å²) in [5.74, 6) is 0.611. The molecule has 1 aromatic rings. The van der Waals surface area contributed by atoms with Gasteiger partial charge < -0.3 is 14.4 Å². The molecule has 6 heteroatoms. The maximum Gasteiger partial charge on any atom is 0.310 e. The number of nitrogens with zero attached hydrogens (tertiary/aromatic N) is 1. The van der Waals surface area contributed by atoms with Crippen molar-refractivity contribution in [3.8, 4) is 0 Å². The summed E-state index contributed by atoms with van der Waals surface area (Å²) in [6.45, 7) is 2.16. The van der Waals surface area contributed by atoms with Crippen LogP contribution in [-0.2, 0) is 20.7 Å². The number of carbonyl (C=O) groups excluding carboxylic acids is 2. The summed E-state index contributed by atoms with van der Waals surface area (Å²) in [6.07, 6.45) is 1.00. The molecular weight excluding hydrogens is 314 g/mol. The van der Waals surface area contributed by atoms with Gasteiger partial charge in [0.2, 0.25) is 0 Å². The van der Waals surface area contributed by atoms with Crippen molar-refractivity contribution in [3.05, 3.63) is 35.4 Å². The third-order valence-electron chi connectivity index (χ3n) is 4.40. The van der Waals surface area contributed by atoms with E-state index in [1.807, 2.05) is 34.9 Å². The molecule has 0 N–H and O–H groups in total. The lowest BCUT2D eigenvalue weighted by Crippen LogP contribution is -2.54. The average molecular weight is 335 g/mol. The molecule has 23 heavy (non-hydrogen) atoms. The van der Waals surface area contributed by atoms with Crippen molar-refractivity contribution >= 4 is 23.6 Å². The van der Waals surface area contributed by atoms with Crippen LogP contribution < -0.4 is 0 Å². The molecule has 0 aliphatic carbocycles. The smallest absolute Gasteiger partial charge is 0.310 e. The molecule has 2 heterocycles. The minimum atomic E-state index is -0.330. The molecule has 1 aromatic carbocycles. The Morgan fingerprint density at radius 1 is 1.39 bits per heavy atom. The van der Waals surface area contributed by atoms with Gasteiger partial charge in [-0.2, -0.15) is 11.8 Å². The van der Waals surface area contributed by atoms with Crippen molar-refractivity contribution < 1.29 is 19.1 Å². The molecule has 5 nitrogen and oxygen atoms in total. The molecule has 0 radical (unpaired) electrons. The molecule has 2 atom stereocenters. The van der Waals surface area contributed by atoms with E-state index in [-0.39, 0.29) is 24.3 Å². The molecule has 2 fully saturated rings. The highest BCUT2D eigenvalue weighted by atomic mass is 32.2. The number of hydrogen-bond acceptors (Lipinski definition) is 5. The molecular formula is C17H21NO4S. The quantitative estimate of drug-likeness (QED) is 0.788. The van der Waals surface area contributed by atoms with E-state index in [9.17, 15) is 9.59 Å². The lowest BCUT2D eigenvalue weighted by Gasteiger charge is -2.43. The Bertz CT molecular complexity index is 590. The summed E-state index contributed by atoms with van der Waals surface area (Å²) in [5.41, 5.74) is 1.33. The zero-order chi connectivity index (χ0) is 16.2. The van der Waals surface area contributed by atoms with Crippen LogP contribution in [0.1, 0.15) is 22.3 Å². The summed E-state index contributed by atoms with van der Waals surface area (Å²) < 4.78 is 10.3. The molecule has 2 aliphatic rings. The summed E-state index contributed by atoms with van der Waals surface area (Å²) in [6, 6.07) is 7.54. The van der Waals surface area contributed by atoms with Gasteiger partial charge in [-0.05, 0) is 18.1 Å². The van der Waals surface area contributed by atoms with Crippen molar-refractivity contribution in [3.63, 3.8) is 0 Å². The van der Waals surface area contributed by atoms with E-state index in [0.717, 1.165) is 24.3 Å². The van der Waals surface area contributed by atoms with Crippen molar-refractivity contribution in [1.82, 2.24) is 4.90 Å². The Labute approximate surface area is 140 Å². The number of methoxy groups -OCH3 is 1. The molecule has 0 aromatic heterocycles. The highest BCUT2D eigenvalue weighted by Crippen LogP contribution is 2.31. The second-order valence-corrected chi connectivity index (χ2v) is 7.10. The molecule has 124 valence electrons. The maximum atomic E-state index is 13.1. The van der Waals surface area contributed by atoms with E-state index >= 15 is 0 Å². The first-order valence-corrected chi connectivity index (χ1v) is 8.90. The van der Waals surface area contributed by atoms with E-state index in [0.29, 0.717) is 24.0 Å². The van der Waals surface area contributed by atoms with Gasteiger partial charge in [-0.3, -0.25) is 9.59 Å². The molecule has 2 saturated heterocycles. The Morgan fingerprint density at radius 3 is 3.04 bits per heavy atom. The number of rotatable bonds is 3. The highest BCUT2D eigenvalue weighted by molar-refractivity contribution is 8.00. The van der Waals surface area contributed by atoms with Crippen LogP contribution in [0.5, 0.6) is 0 Å². The number of amides is 1. The second kappa shape index (κ2) is 7.36. The van der Waals surface area contributed by atoms with Gasteiger partial charge in [0.25, 0.3) is 5.91 Å². The van der Waals surface area contributed by atoms with Crippen molar-refractivity contribution in [2.45, 2.75) is 24.1 Å². The lowest BCUT2D eigenvalue weighted by molar-refractivity contribution is -0.139. The van der Waals surface area contributed by atoms with Crippen molar-refractivity contribution in [1.29, 1.82) is 0 Å². The van der Waals surface area contributed by atoms with Gasteiger partial charge in [0.1, 0.15) is 0 Å². The number of fused-ring (bicyclic) bond motifs is 1. The second-order valence-electron chi connectivity index (χ2n) is 5.75. The molecule has 2 unspecified atom stereocenters. The van der Waals surface area contributed by atoms with Crippen LogP contribution in [-0.4, -0.2) is 60.7 Å². The Morgan fingerprint density at radius 2 is 2.22 bits per heavy atom. The van der Waals surface area contributed by atoms with Crippen LogP contribution in [0.25, 0.3) is 0 Å². The highest BCUT2D eigenvalue weighted by Gasteiger charge is 2.37. The first-order valence-electron chi connectivity index (χ1n) is 7.85. The lowest BCUT2D eigenvalue weighted by atomic mass is 10.0. The maximum absolute atomic E-state index is 13.1. The topological polar surface area (TPSA) is 55.8 Å². The fourth-order valence-corrected chi connectivity index (χ4v) is 4.50. The Balaban J connectivity index is 1.83. The summed E-state index contributed by atoms with van der Waals surface area (Å²) >= 11 is 1.89. The van der Waals surface area contributed by atoms with E-state index in [4.69, 9.17) is 9.47 Å². The van der Waals surface area contributed by atoms with Crippen LogP contribution in [0.3, 0.4) is 0 Å². The fraction of sp³-hybridized carbons (Fsp3) is 0.529. The molecule has 1 amide bonds. The van der Waals surface area contributed by atoms with Crippen LogP contribution in [0.2, 0.25) is 0 Å². The third-order valence-corrected chi connectivity index (χ3v) is 5.70. The van der Waals surface area contributed by atoms with E-state index in [1.54, 1.807) is 6.07 Å². The SMILES string of the molecule is COC(=O)Cc1ccccc1C(=O)N1CCSC2COCCC21. The van der Waals surface area contributed by atoms with E-state index < -0.39 is 0 Å². The third kappa shape index (κ3) is 3.53. The molecule has 3 rings (SSSR count). The van der Waals surface area contributed by atoms with Gasteiger partial charge in [0, 0.05) is 35.8 Å². The number of esters is 1. The molecule has 0 spiro atoms. The average Bonchev–Trinajstić information content (AvgIpc) is 2.61. The minimum absolute atomic E-state index is 0.0155. The number of carbonyl (C=O) groups is 2. The standard InChI is InChI=1S/C17H21NO4S/c1-21-16(19)10-12-4-2-3-5-13(12)17(20)18-7-9-23-15-11-22-8-6-14(15)18/h2-5,14-15H,6-11H2,1H3. The first kappa shape index (κ1) is 16.3. The minimum Gasteiger partial charge on any atom is -0.469 e. The van der Waals surface area contributed by atoms with Gasteiger partial charge in [-0.15, -0.1) is 0 Å². The summed E-state index contributed by atoms with van der Waals surface area (Å²) in [7, 11) is 1.36. The molecule has 0 saturated carbocycles. The Kier molecular flexibility index (Phi) is 5.23. The van der Waals surface area contributed by atoms with Crippen molar-refractivity contribution in [2.75, 3.05) is 32.6 Å². The predicted octanol–water partition coefficient (Wildman–Crippen LogP) is 1.75. The van der Waals surface area contributed by atoms with Crippen LogP contribution in [0, 0.1) is 0 Å². The number of ether oxygens (including phenoxy) is 2. The largest absolute Gasteiger partial charge is 0.469 e.